The third kappa shape index (κ3) is 5.80. The van der Waals surface area contributed by atoms with Gasteiger partial charge in [-0.2, -0.15) is 0 Å². The number of nitrogens with zero attached hydrogens (tertiary/aromatic N) is 1. The topological polar surface area (TPSA) is 32.3 Å². The van der Waals surface area contributed by atoms with Gasteiger partial charge < -0.3 is 10.2 Å². The lowest BCUT2D eigenvalue weighted by Crippen LogP contribution is -2.43. The molecule has 0 atom stereocenters. The van der Waals surface area contributed by atoms with E-state index in [0.29, 0.717) is 12.5 Å². The van der Waals surface area contributed by atoms with Crippen molar-refractivity contribution in [3.05, 3.63) is 35.9 Å². The van der Waals surface area contributed by atoms with Gasteiger partial charge in [-0.05, 0) is 49.6 Å². The van der Waals surface area contributed by atoms with Crippen LogP contribution in [0.25, 0.3) is 0 Å². The first-order chi connectivity index (χ1) is 10.6. The molecule has 0 aromatic heterocycles. The molecule has 1 amide bonds. The van der Waals surface area contributed by atoms with Crippen molar-refractivity contribution in [2.75, 3.05) is 26.2 Å². The minimum atomic E-state index is 0.266. The Labute approximate surface area is 135 Å². The number of carbonyl (C=O) groups excluding carboxylic acids is 1. The van der Waals surface area contributed by atoms with Crippen LogP contribution in [0.1, 0.15) is 38.7 Å². The molecule has 1 aromatic carbocycles. The fourth-order valence-electron chi connectivity index (χ4n) is 3.03. The molecule has 0 unspecified atom stereocenters. The van der Waals surface area contributed by atoms with Crippen molar-refractivity contribution in [3.8, 4) is 0 Å². The summed E-state index contributed by atoms with van der Waals surface area (Å²) < 4.78 is 0. The Morgan fingerprint density at radius 1 is 1.23 bits per heavy atom. The van der Waals surface area contributed by atoms with E-state index in [2.05, 4.69) is 49.5 Å². The first-order valence-electron chi connectivity index (χ1n) is 8.67. The van der Waals surface area contributed by atoms with Crippen molar-refractivity contribution < 1.29 is 4.79 Å². The average molecular weight is 302 g/mol. The van der Waals surface area contributed by atoms with Gasteiger partial charge in [0.25, 0.3) is 0 Å². The number of hydrogen-bond donors (Lipinski definition) is 1. The van der Waals surface area contributed by atoms with Crippen molar-refractivity contribution in [1.82, 2.24) is 10.2 Å². The molecule has 1 aromatic rings. The lowest BCUT2D eigenvalue weighted by atomic mass is 9.90. The van der Waals surface area contributed by atoms with Gasteiger partial charge in [0, 0.05) is 13.1 Å². The number of hydrogen-bond acceptors (Lipinski definition) is 2. The van der Waals surface area contributed by atoms with E-state index in [9.17, 15) is 4.79 Å². The normalized spacial score (nSPS) is 16.2. The molecule has 2 rings (SSSR count). The molecule has 0 radical (unpaired) electrons. The highest BCUT2D eigenvalue weighted by Crippen LogP contribution is 2.21. The number of likely N-dealkylation sites (tertiary alicyclic amines) is 1. The molecule has 0 aliphatic carbocycles. The lowest BCUT2D eigenvalue weighted by Gasteiger charge is -2.32. The molecule has 1 N–H and O–H groups in total. The molecular weight excluding hydrogens is 272 g/mol. The highest BCUT2D eigenvalue weighted by Gasteiger charge is 2.22. The average Bonchev–Trinajstić information content (AvgIpc) is 2.53. The second kappa shape index (κ2) is 8.94. The van der Waals surface area contributed by atoms with Crippen LogP contribution in [0, 0.1) is 11.8 Å². The Balaban J connectivity index is 1.65. The zero-order valence-electron chi connectivity index (χ0n) is 14.1. The van der Waals surface area contributed by atoms with Crippen molar-refractivity contribution >= 4 is 5.91 Å². The van der Waals surface area contributed by atoms with Gasteiger partial charge in [-0.1, -0.05) is 44.2 Å². The summed E-state index contributed by atoms with van der Waals surface area (Å²) >= 11 is 0. The molecule has 1 saturated heterocycles. The van der Waals surface area contributed by atoms with Gasteiger partial charge in [-0.15, -0.1) is 0 Å². The van der Waals surface area contributed by atoms with Crippen LogP contribution in [0.5, 0.6) is 0 Å². The zero-order chi connectivity index (χ0) is 15.8. The molecule has 122 valence electrons. The molecule has 0 spiro atoms. The number of amides is 1. The Morgan fingerprint density at radius 3 is 2.55 bits per heavy atom. The number of piperidine rings is 1. The van der Waals surface area contributed by atoms with Crippen LogP contribution >= 0.6 is 0 Å². The fourth-order valence-corrected chi connectivity index (χ4v) is 3.03. The second-order valence-electron chi connectivity index (χ2n) is 6.87. The minimum Gasteiger partial charge on any atom is -0.342 e. The van der Waals surface area contributed by atoms with Crippen LogP contribution in [0.4, 0.5) is 0 Å². The number of nitrogens with one attached hydrogen (secondary N) is 1. The van der Waals surface area contributed by atoms with E-state index in [1.54, 1.807) is 0 Å². The number of carbonyl (C=O) groups is 1. The van der Waals surface area contributed by atoms with Crippen molar-refractivity contribution in [2.24, 2.45) is 11.8 Å². The van der Waals surface area contributed by atoms with E-state index >= 15 is 0 Å². The van der Waals surface area contributed by atoms with E-state index in [-0.39, 0.29) is 5.91 Å². The molecule has 3 nitrogen and oxygen atoms in total. The summed E-state index contributed by atoms with van der Waals surface area (Å²) in [4.78, 5) is 14.2. The SMILES string of the molecule is CC(C)CCNCC(=O)N1CCC(Cc2ccccc2)CC1. The molecule has 3 heteroatoms. The highest BCUT2D eigenvalue weighted by molar-refractivity contribution is 5.78. The molecule has 1 fully saturated rings. The third-order valence-corrected chi connectivity index (χ3v) is 4.51. The van der Waals surface area contributed by atoms with Gasteiger partial charge in [0.1, 0.15) is 0 Å². The van der Waals surface area contributed by atoms with E-state index in [1.165, 1.54) is 5.56 Å². The summed E-state index contributed by atoms with van der Waals surface area (Å²) in [6, 6.07) is 10.7. The molecular formula is C19H30N2O. The second-order valence-corrected chi connectivity index (χ2v) is 6.87. The van der Waals surface area contributed by atoms with Crippen LogP contribution in [-0.2, 0) is 11.2 Å². The van der Waals surface area contributed by atoms with Crippen LogP contribution in [0.15, 0.2) is 30.3 Å². The van der Waals surface area contributed by atoms with Crippen LogP contribution in [0.2, 0.25) is 0 Å². The van der Waals surface area contributed by atoms with Crippen LogP contribution in [-0.4, -0.2) is 37.0 Å². The van der Waals surface area contributed by atoms with Gasteiger partial charge in [0.2, 0.25) is 5.91 Å². The number of benzene rings is 1. The van der Waals surface area contributed by atoms with Gasteiger partial charge in [-0.3, -0.25) is 4.79 Å². The summed E-state index contributed by atoms with van der Waals surface area (Å²) in [7, 11) is 0. The molecule has 1 aliphatic heterocycles. The summed E-state index contributed by atoms with van der Waals surface area (Å²) in [5.74, 6) is 1.68. The summed E-state index contributed by atoms with van der Waals surface area (Å²) in [6.45, 7) is 7.69. The summed E-state index contributed by atoms with van der Waals surface area (Å²) in [5, 5.41) is 3.27. The Morgan fingerprint density at radius 2 is 1.91 bits per heavy atom. The van der Waals surface area contributed by atoms with Gasteiger partial charge >= 0.3 is 0 Å². The first kappa shape index (κ1) is 17.0. The maximum atomic E-state index is 12.2. The first-order valence-corrected chi connectivity index (χ1v) is 8.67. The Bertz CT molecular complexity index is 436. The standard InChI is InChI=1S/C19H30N2O/c1-16(2)8-11-20-15-19(22)21-12-9-18(10-13-21)14-17-6-4-3-5-7-17/h3-7,16,18,20H,8-15H2,1-2H3. The Kier molecular flexibility index (Phi) is 6.91. The molecule has 0 bridgehead atoms. The maximum absolute atomic E-state index is 12.2. The summed E-state index contributed by atoms with van der Waals surface area (Å²) in [6.07, 6.45) is 4.54. The van der Waals surface area contributed by atoms with Crippen LogP contribution < -0.4 is 5.32 Å². The van der Waals surface area contributed by atoms with E-state index < -0.39 is 0 Å². The van der Waals surface area contributed by atoms with Gasteiger partial charge in [0.05, 0.1) is 6.54 Å². The fraction of sp³-hybridized carbons (Fsp3) is 0.632. The van der Waals surface area contributed by atoms with Crippen molar-refractivity contribution in [2.45, 2.75) is 39.5 Å². The monoisotopic (exact) mass is 302 g/mol. The largest absolute Gasteiger partial charge is 0.342 e. The smallest absolute Gasteiger partial charge is 0.236 e. The minimum absolute atomic E-state index is 0.266. The number of rotatable bonds is 7. The van der Waals surface area contributed by atoms with Crippen molar-refractivity contribution in [1.29, 1.82) is 0 Å². The maximum Gasteiger partial charge on any atom is 0.236 e. The van der Waals surface area contributed by atoms with E-state index in [1.807, 2.05) is 4.90 Å². The van der Waals surface area contributed by atoms with Crippen molar-refractivity contribution in [3.63, 3.8) is 0 Å². The molecule has 1 heterocycles. The quantitative estimate of drug-likeness (QED) is 0.785. The van der Waals surface area contributed by atoms with Gasteiger partial charge in [-0.25, -0.2) is 0 Å². The van der Waals surface area contributed by atoms with E-state index in [4.69, 9.17) is 0 Å². The molecule has 0 saturated carbocycles. The molecule has 22 heavy (non-hydrogen) atoms. The third-order valence-electron chi connectivity index (χ3n) is 4.51. The zero-order valence-corrected chi connectivity index (χ0v) is 14.1. The predicted molar refractivity (Wildman–Crippen MR) is 91.8 cm³/mol. The van der Waals surface area contributed by atoms with Crippen LogP contribution in [0.3, 0.4) is 0 Å². The molecule has 1 aliphatic rings. The predicted octanol–water partition coefficient (Wildman–Crippen LogP) is 3.10. The lowest BCUT2D eigenvalue weighted by molar-refractivity contribution is -0.131. The highest BCUT2D eigenvalue weighted by atomic mass is 16.2. The van der Waals surface area contributed by atoms with Gasteiger partial charge in [0.15, 0.2) is 0 Å². The Hall–Kier alpha value is -1.35. The van der Waals surface area contributed by atoms with E-state index in [0.717, 1.165) is 51.2 Å². The summed E-state index contributed by atoms with van der Waals surface area (Å²) in [5.41, 5.74) is 1.42.